The molecule has 23 heavy (non-hydrogen) atoms. The second kappa shape index (κ2) is 7.21. The van der Waals surface area contributed by atoms with Gasteiger partial charge in [-0.2, -0.15) is 0 Å². The van der Waals surface area contributed by atoms with Gasteiger partial charge in [0.1, 0.15) is 0 Å². The first-order valence-electron chi connectivity index (χ1n) is 6.92. The Hall–Kier alpha value is -1.08. The van der Waals surface area contributed by atoms with Gasteiger partial charge in [0, 0.05) is 15.9 Å². The summed E-state index contributed by atoms with van der Waals surface area (Å²) in [6.45, 7) is 0.375. The van der Waals surface area contributed by atoms with Crippen molar-refractivity contribution in [3.63, 3.8) is 0 Å². The molecule has 0 saturated heterocycles. The number of hydrogen-bond donors (Lipinski definition) is 1. The van der Waals surface area contributed by atoms with Crippen molar-refractivity contribution in [1.82, 2.24) is 4.90 Å². The van der Waals surface area contributed by atoms with Crippen LogP contribution in [0.25, 0.3) is 0 Å². The summed E-state index contributed by atoms with van der Waals surface area (Å²) in [6.07, 6.45) is -0.939. The number of benzene rings is 2. The largest absolute Gasteiger partial charge is 0.369 e. The lowest BCUT2D eigenvalue weighted by atomic mass is 10.2. The van der Waals surface area contributed by atoms with E-state index < -0.39 is 6.23 Å². The van der Waals surface area contributed by atoms with Crippen molar-refractivity contribution in [1.29, 1.82) is 0 Å². The molecule has 1 amide bonds. The van der Waals surface area contributed by atoms with Gasteiger partial charge in [0.15, 0.2) is 6.23 Å². The van der Waals surface area contributed by atoms with E-state index in [-0.39, 0.29) is 5.91 Å². The standard InChI is InChI=1S/C17H13Br2NO2S/c18-12-6-8-13(9-7-12)23-15-14(19)16(21)20(17(15)22)10-11-4-2-1-3-5-11/h1-9,17,22H,10H2/t17-/m0/s1. The van der Waals surface area contributed by atoms with E-state index in [4.69, 9.17) is 0 Å². The highest BCUT2D eigenvalue weighted by Crippen LogP contribution is 2.40. The predicted molar refractivity (Wildman–Crippen MR) is 99.0 cm³/mol. The zero-order valence-corrected chi connectivity index (χ0v) is 15.9. The Bertz CT molecular complexity index is 747. The summed E-state index contributed by atoms with van der Waals surface area (Å²) in [4.78, 5) is 15.5. The van der Waals surface area contributed by atoms with Crippen molar-refractivity contribution in [3.8, 4) is 0 Å². The first-order valence-corrected chi connectivity index (χ1v) is 9.32. The SMILES string of the molecule is O=C1C(Br)=C(Sc2ccc(Br)cc2)[C@H](O)N1Cc1ccccc1. The summed E-state index contributed by atoms with van der Waals surface area (Å²) in [6, 6.07) is 17.4. The second-order valence-electron chi connectivity index (χ2n) is 5.03. The topological polar surface area (TPSA) is 40.5 Å². The first kappa shape index (κ1) is 16.8. The maximum atomic E-state index is 12.4. The molecule has 0 bridgehead atoms. The minimum atomic E-state index is -0.939. The number of amides is 1. The van der Waals surface area contributed by atoms with Crippen LogP contribution in [0.1, 0.15) is 5.56 Å². The van der Waals surface area contributed by atoms with Crippen LogP contribution in [0.2, 0.25) is 0 Å². The van der Waals surface area contributed by atoms with Crippen LogP contribution in [0.15, 0.2) is 73.4 Å². The van der Waals surface area contributed by atoms with Gasteiger partial charge >= 0.3 is 0 Å². The van der Waals surface area contributed by atoms with Gasteiger partial charge in [-0.05, 0) is 45.8 Å². The molecule has 1 atom stereocenters. The highest BCUT2D eigenvalue weighted by Gasteiger charge is 2.37. The van der Waals surface area contributed by atoms with E-state index in [9.17, 15) is 9.90 Å². The number of aliphatic hydroxyl groups excluding tert-OH is 1. The number of carbonyl (C=O) groups is 1. The molecule has 6 heteroatoms. The molecule has 0 radical (unpaired) electrons. The van der Waals surface area contributed by atoms with Gasteiger partial charge in [-0.3, -0.25) is 4.79 Å². The van der Waals surface area contributed by atoms with Gasteiger partial charge in [0.25, 0.3) is 5.91 Å². The summed E-state index contributed by atoms with van der Waals surface area (Å²) in [5, 5.41) is 10.6. The molecule has 0 unspecified atom stereocenters. The number of aliphatic hydroxyl groups is 1. The number of thioether (sulfide) groups is 1. The van der Waals surface area contributed by atoms with Crippen LogP contribution in [0.4, 0.5) is 0 Å². The Morgan fingerprint density at radius 2 is 1.70 bits per heavy atom. The number of nitrogens with zero attached hydrogens (tertiary/aromatic N) is 1. The Morgan fingerprint density at radius 3 is 2.35 bits per heavy atom. The smallest absolute Gasteiger partial charge is 0.264 e. The van der Waals surface area contributed by atoms with Crippen molar-refractivity contribution in [2.24, 2.45) is 0 Å². The van der Waals surface area contributed by atoms with Gasteiger partial charge < -0.3 is 10.0 Å². The third-order valence-electron chi connectivity index (χ3n) is 3.43. The normalized spacial score (nSPS) is 18.0. The van der Waals surface area contributed by atoms with Crippen LogP contribution in [0.5, 0.6) is 0 Å². The lowest BCUT2D eigenvalue weighted by molar-refractivity contribution is -0.131. The van der Waals surface area contributed by atoms with Crippen molar-refractivity contribution in [3.05, 3.63) is 74.0 Å². The molecular formula is C17H13Br2NO2S. The molecule has 0 spiro atoms. The van der Waals surface area contributed by atoms with Crippen LogP contribution >= 0.6 is 43.6 Å². The second-order valence-corrected chi connectivity index (χ2v) is 7.85. The van der Waals surface area contributed by atoms with Crippen LogP contribution in [0, 0.1) is 0 Å². The first-order chi connectivity index (χ1) is 11.1. The van der Waals surface area contributed by atoms with Crippen LogP contribution < -0.4 is 0 Å². The molecule has 1 heterocycles. The predicted octanol–water partition coefficient (Wildman–Crippen LogP) is 4.51. The lowest BCUT2D eigenvalue weighted by Crippen LogP contribution is -2.34. The molecular weight excluding hydrogens is 442 g/mol. The van der Waals surface area contributed by atoms with Crippen molar-refractivity contribution in [2.75, 3.05) is 0 Å². The molecule has 2 aromatic carbocycles. The number of carbonyl (C=O) groups excluding carboxylic acids is 1. The third-order valence-corrected chi connectivity index (χ3v) is 6.13. The molecule has 3 nitrogen and oxygen atoms in total. The fourth-order valence-electron chi connectivity index (χ4n) is 2.26. The molecule has 0 aliphatic carbocycles. The Balaban J connectivity index is 1.79. The molecule has 1 N–H and O–H groups in total. The van der Waals surface area contributed by atoms with Crippen molar-refractivity contribution in [2.45, 2.75) is 17.7 Å². The molecule has 118 valence electrons. The molecule has 3 rings (SSSR count). The van der Waals surface area contributed by atoms with Crippen LogP contribution in [-0.2, 0) is 11.3 Å². The average molecular weight is 455 g/mol. The summed E-state index contributed by atoms with van der Waals surface area (Å²) >= 11 is 8.12. The van der Waals surface area contributed by atoms with Gasteiger partial charge in [0.05, 0.1) is 9.39 Å². The molecule has 1 aliphatic heterocycles. The summed E-state index contributed by atoms with van der Waals surface area (Å²) in [5.74, 6) is -0.194. The van der Waals surface area contributed by atoms with Gasteiger partial charge in [-0.15, -0.1) is 0 Å². The lowest BCUT2D eigenvalue weighted by Gasteiger charge is -2.22. The van der Waals surface area contributed by atoms with E-state index in [0.717, 1.165) is 14.9 Å². The van der Waals surface area contributed by atoms with E-state index in [0.29, 0.717) is 15.9 Å². The third kappa shape index (κ3) is 3.71. The molecule has 0 saturated carbocycles. The Labute approximate surface area is 155 Å². The average Bonchev–Trinajstić information content (AvgIpc) is 2.76. The van der Waals surface area contributed by atoms with Crippen molar-refractivity contribution < 1.29 is 9.90 Å². The highest BCUT2D eigenvalue weighted by molar-refractivity contribution is 9.12. The van der Waals surface area contributed by atoms with Crippen LogP contribution in [0.3, 0.4) is 0 Å². The minimum Gasteiger partial charge on any atom is -0.369 e. The minimum absolute atomic E-state index is 0.194. The Morgan fingerprint density at radius 1 is 1.04 bits per heavy atom. The van der Waals surface area contributed by atoms with E-state index >= 15 is 0 Å². The number of rotatable bonds is 4. The molecule has 2 aromatic rings. The Kier molecular flexibility index (Phi) is 5.26. The zero-order valence-electron chi connectivity index (χ0n) is 11.9. The van der Waals surface area contributed by atoms with E-state index in [1.807, 2.05) is 54.6 Å². The summed E-state index contributed by atoms with van der Waals surface area (Å²) in [7, 11) is 0. The van der Waals surface area contributed by atoms with E-state index in [2.05, 4.69) is 31.9 Å². The zero-order chi connectivity index (χ0) is 16.4. The molecule has 0 fully saturated rings. The fourth-order valence-corrected chi connectivity index (χ4v) is 4.14. The maximum absolute atomic E-state index is 12.4. The fraction of sp³-hybridized carbons (Fsp3) is 0.118. The van der Waals surface area contributed by atoms with Crippen LogP contribution in [-0.4, -0.2) is 22.1 Å². The van der Waals surface area contributed by atoms with Gasteiger partial charge in [0.2, 0.25) is 0 Å². The number of halogens is 2. The van der Waals surface area contributed by atoms with Gasteiger partial charge in [-0.1, -0.05) is 58.0 Å². The summed E-state index contributed by atoms with van der Waals surface area (Å²) < 4.78 is 1.41. The highest BCUT2D eigenvalue weighted by atomic mass is 79.9. The van der Waals surface area contributed by atoms with E-state index in [1.165, 1.54) is 16.7 Å². The van der Waals surface area contributed by atoms with Crippen molar-refractivity contribution >= 4 is 49.5 Å². The summed E-state index contributed by atoms with van der Waals surface area (Å²) in [5.41, 5.74) is 0.982. The van der Waals surface area contributed by atoms with Gasteiger partial charge in [-0.25, -0.2) is 0 Å². The maximum Gasteiger partial charge on any atom is 0.264 e. The molecule has 0 aromatic heterocycles. The quantitative estimate of drug-likeness (QED) is 0.738. The number of hydrogen-bond acceptors (Lipinski definition) is 3. The molecule has 1 aliphatic rings. The van der Waals surface area contributed by atoms with E-state index in [1.54, 1.807) is 0 Å². The monoisotopic (exact) mass is 453 g/mol.